The second-order valence-corrected chi connectivity index (χ2v) is 5.54. The fraction of sp³-hybridized carbons (Fsp3) is 0.533. The minimum Gasteiger partial charge on any atom is -0.445 e. The summed E-state index contributed by atoms with van der Waals surface area (Å²) < 4.78 is 5.42. The van der Waals surface area contributed by atoms with Crippen molar-refractivity contribution >= 4 is 6.09 Å². The van der Waals surface area contributed by atoms with Crippen LogP contribution in [0.25, 0.3) is 0 Å². The third-order valence-corrected chi connectivity index (χ3v) is 4.05. The summed E-state index contributed by atoms with van der Waals surface area (Å²) in [5.41, 5.74) is 0.987. The molecule has 0 aliphatic carbocycles. The molecule has 5 nitrogen and oxygen atoms in total. The minimum atomic E-state index is -0.301. The summed E-state index contributed by atoms with van der Waals surface area (Å²) in [6.45, 7) is 1.76. The number of carbonyl (C=O) groups is 1. The molecule has 0 saturated carbocycles. The van der Waals surface area contributed by atoms with Gasteiger partial charge in [0.25, 0.3) is 0 Å². The van der Waals surface area contributed by atoms with Crippen LogP contribution in [0.15, 0.2) is 30.3 Å². The van der Waals surface area contributed by atoms with Crippen LogP contribution in [-0.4, -0.2) is 47.4 Å². The SMILES string of the molecule is O=C(OCc1ccccc1)N1C2CNCC1CC(O)C2. The zero-order chi connectivity index (χ0) is 13.9. The molecule has 5 heteroatoms. The highest BCUT2D eigenvalue weighted by molar-refractivity contribution is 5.69. The number of rotatable bonds is 2. The van der Waals surface area contributed by atoms with Gasteiger partial charge in [-0.05, 0) is 18.4 Å². The van der Waals surface area contributed by atoms with Crippen LogP contribution in [-0.2, 0) is 11.3 Å². The van der Waals surface area contributed by atoms with Crippen molar-refractivity contribution in [3.63, 3.8) is 0 Å². The second kappa shape index (κ2) is 5.81. The number of hydrogen-bond donors (Lipinski definition) is 2. The zero-order valence-corrected chi connectivity index (χ0v) is 11.4. The number of carbonyl (C=O) groups excluding carboxylic acids is 1. The van der Waals surface area contributed by atoms with Crippen LogP contribution in [0.1, 0.15) is 18.4 Å². The van der Waals surface area contributed by atoms with Gasteiger partial charge in [-0.15, -0.1) is 0 Å². The summed E-state index contributed by atoms with van der Waals surface area (Å²) in [6.07, 6.45) is 0.691. The van der Waals surface area contributed by atoms with E-state index in [4.69, 9.17) is 4.74 Å². The maximum Gasteiger partial charge on any atom is 0.410 e. The number of aliphatic hydroxyl groups excluding tert-OH is 1. The van der Waals surface area contributed by atoms with E-state index in [1.807, 2.05) is 35.2 Å². The van der Waals surface area contributed by atoms with Gasteiger partial charge in [-0.3, -0.25) is 4.90 Å². The van der Waals surface area contributed by atoms with Crippen LogP contribution in [0.5, 0.6) is 0 Å². The lowest BCUT2D eigenvalue weighted by Crippen LogP contribution is -2.63. The summed E-state index contributed by atoms with van der Waals surface area (Å²) in [6, 6.07) is 9.76. The topological polar surface area (TPSA) is 61.8 Å². The molecule has 2 heterocycles. The Morgan fingerprint density at radius 1 is 1.25 bits per heavy atom. The Kier molecular flexibility index (Phi) is 3.89. The van der Waals surface area contributed by atoms with E-state index in [9.17, 15) is 9.90 Å². The summed E-state index contributed by atoms with van der Waals surface area (Å²) in [5, 5.41) is 13.1. The van der Waals surface area contributed by atoms with Gasteiger partial charge in [-0.25, -0.2) is 4.79 Å². The molecule has 1 aromatic carbocycles. The first-order valence-corrected chi connectivity index (χ1v) is 7.12. The average Bonchev–Trinajstić information content (AvgIpc) is 2.45. The highest BCUT2D eigenvalue weighted by atomic mass is 16.6. The molecule has 2 bridgehead atoms. The Labute approximate surface area is 118 Å². The molecule has 0 radical (unpaired) electrons. The van der Waals surface area contributed by atoms with Crippen molar-refractivity contribution in [1.82, 2.24) is 10.2 Å². The number of piperazine rings is 1. The van der Waals surface area contributed by atoms with Crippen molar-refractivity contribution in [3.05, 3.63) is 35.9 Å². The molecular weight excluding hydrogens is 256 g/mol. The van der Waals surface area contributed by atoms with Crippen LogP contribution in [0.3, 0.4) is 0 Å². The molecule has 2 aliphatic rings. The summed E-state index contributed by atoms with van der Waals surface area (Å²) in [5.74, 6) is 0. The Morgan fingerprint density at radius 2 is 1.90 bits per heavy atom. The molecule has 0 spiro atoms. The van der Waals surface area contributed by atoms with E-state index in [1.54, 1.807) is 0 Å². The van der Waals surface area contributed by atoms with Crippen molar-refractivity contribution in [1.29, 1.82) is 0 Å². The predicted octanol–water partition coefficient (Wildman–Crippen LogP) is 1.12. The maximum atomic E-state index is 12.3. The van der Waals surface area contributed by atoms with Crippen molar-refractivity contribution in [2.24, 2.45) is 0 Å². The van der Waals surface area contributed by atoms with Crippen LogP contribution in [0.4, 0.5) is 4.79 Å². The summed E-state index contributed by atoms with van der Waals surface area (Å²) in [4.78, 5) is 14.1. The molecular formula is C15H20N2O3. The van der Waals surface area contributed by atoms with Crippen LogP contribution in [0.2, 0.25) is 0 Å². The number of aliphatic hydroxyl groups is 1. The maximum absolute atomic E-state index is 12.3. The number of piperidine rings is 1. The number of nitrogens with zero attached hydrogens (tertiary/aromatic N) is 1. The number of fused-ring (bicyclic) bond motifs is 2. The van der Waals surface area contributed by atoms with Gasteiger partial charge in [0.1, 0.15) is 6.61 Å². The minimum absolute atomic E-state index is 0.0424. The number of amides is 1. The van der Waals surface area contributed by atoms with Crippen molar-refractivity contribution in [2.75, 3.05) is 13.1 Å². The van der Waals surface area contributed by atoms with E-state index in [2.05, 4.69) is 5.32 Å². The predicted molar refractivity (Wildman–Crippen MR) is 74.2 cm³/mol. The van der Waals surface area contributed by atoms with Crippen LogP contribution in [0, 0.1) is 0 Å². The van der Waals surface area contributed by atoms with E-state index in [0.717, 1.165) is 18.7 Å². The van der Waals surface area contributed by atoms with Crippen molar-refractivity contribution in [2.45, 2.75) is 37.6 Å². The number of nitrogens with one attached hydrogen (secondary N) is 1. The molecule has 2 atom stereocenters. The number of benzene rings is 1. The highest BCUT2D eigenvalue weighted by Crippen LogP contribution is 2.26. The lowest BCUT2D eigenvalue weighted by atomic mass is 9.91. The standard InChI is InChI=1S/C15H20N2O3/c18-14-6-12-8-16-9-13(7-14)17(12)15(19)20-10-11-4-2-1-3-5-11/h1-5,12-14,16,18H,6-10H2. The number of hydrogen-bond acceptors (Lipinski definition) is 4. The lowest BCUT2D eigenvalue weighted by Gasteiger charge is -2.47. The average molecular weight is 276 g/mol. The normalized spacial score (nSPS) is 29.1. The molecule has 108 valence electrons. The van der Waals surface area contributed by atoms with Gasteiger partial charge in [0.2, 0.25) is 0 Å². The lowest BCUT2D eigenvalue weighted by molar-refractivity contribution is -0.0184. The van der Waals surface area contributed by atoms with Crippen molar-refractivity contribution < 1.29 is 14.6 Å². The molecule has 1 amide bonds. The third kappa shape index (κ3) is 2.78. The molecule has 1 aromatic rings. The molecule has 2 N–H and O–H groups in total. The van der Waals surface area contributed by atoms with Gasteiger partial charge in [0, 0.05) is 13.1 Å². The van der Waals surface area contributed by atoms with E-state index in [1.165, 1.54) is 0 Å². The first kappa shape index (κ1) is 13.4. The van der Waals surface area contributed by atoms with E-state index >= 15 is 0 Å². The largest absolute Gasteiger partial charge is 0.445 e. The fourth-order valence-corrected chi connectivity index (χ4v) is 3.12. The van der Waals surface area contributed by atoms with Gasteiger partial charge < -0.3 is 15.2 Å². The number of ether oxygens (including phenoxy) is 1. The zero-order valence-electron chi connectivity index (χ0n) is 11.4. The molecule has 2 saturated heterocycles. The Hall–Kier alpha value is -1.59. The second-order valence-electron chi connectivity index (χ2n) is 5.54. The van der Waals surface area contributed by atoms with Gasteiger partial charge in [-0.2, -0.15) is 0 Å². The Balaban J connectivity index is 1.62. The molecule has 2 unspecified atom stereocenters. The van der Waals surface area contributed by atoms with Crippen LogP contribution < -0.4 is 5.32 Å². The monoisotopic (exact) mass is 276 g/mol. The van der Waals surface area contributed by atoms with Gasteiger partial charge in [0.15, 0.2) is 0 Å². The Morgan fingerprint density at radius 3 is 2.55 bits per heavy atom. The molecule has 2 fully saturated rings. The Bertz CT molecular complexity index is 451. The molecule has 3 rings (SSSR count). The van der Waals surface area contributed by atoms with Gasteiger partial charge in [-0.1, -0.05) is 30.3 Å². The quantitative estimate of drug-likeness (QED) is 0.850. The van der Waals surface area contributed by atoms with E-state index in [0.29, 0.717) is 19.4 Å². The smallest absolute Gasteiger partial charge is 0.410 e. The first-order chi connectivity index (χ1) is 9.74. The van der Waals surface area contributed by atoms with Gasteiger partial charge >= 0.3 is 6.09 Å². The summed E-state index contributed by atoms with van der Waals surface area (Å²) in [7, 11) is 0. The molecule has 2 aliphatic heterocycles. The highest BCUT2D eigenvalue weighted by Gasteiger charge is 2.41. The fourth-order valence-electron chi connectivity index (χ4n) is 3.12. The van der Waals surface area contributed by atoms with Crippen molar-refractivity contribution in [3.8, 4) is 0 Å². The van der Waals surface area contributed by atoms with E-state index < -0.39 is 0 Å². The van der Waals surface area contributed by atoms with Gasteiger partial charge in [0.05, 0.1) is 18.2 Å². The first-order valence-electron chi connectivity index (χ1n) is 7.12. The van der Waals surface area contributed by atoms with E-state index in [-0.39, 0.29) is 24.3 Å². The third-order valence-electron chi connectivity index (χ3n) is 4.05. The molecule has 0 aromatic heterocycles. The molecule has 20 heavy (non-hydrogen) atoms. The van der Waals surface area contributed by atoms with Crippen LogP contribution >= 0.6 is 0 Å². The summed E-state index contributed by atoms with van der Waals surface area (Å²) >= 11 is 0.